The molecule has 4 heteroatoms. The van der Waals surface area contributed by atoms with E-state index in [0.29, 0.717) is 0 Å². The molecule has 2 atom stereocenters. The van der Waals surface area contributed by atoms with Crippen molar-refractivity contribution in [1.82, 2.24) is 0 Å². The molecule has 0 saturated carbocycles. The highest BCUT2D eigenvalue weighted by molar-refractivity contribution is 7.74. The fourth-order valence-corrected chi connectivity index (χ4v) is 1.36. The zero-order chi connectivity index (χ0) is 9.84. The van der Waals surface area contributed by atoms with Crippen LogP contribution in [0, 0.1) is 6.92 Å². The van der Waals surface area contributed by atoms with E-state index in [1.54, 1.807) is 6.92 Å². The first-order valence-electron chi connectivity index (χ1n) is 3.92. The van der Waals surface area contributed by atoms with Gasteiger partial charge in [0.2, 0.25) is 0 Å². The average molecular weight is 199 g/mol. The number of benzene rings is 1. The van der Waals surface area contributed by atoms with Gasteiger partial charge >= 0.3 is 0 Å². The van der Waals surface area contributed by atoms with Crippen molar-refractivity contribution in [2.24, 2.45) is 0 Å². The number of rotatable bonds is 3. The van der Waals surface area contributed by atoms with Crippen molar-refractivity contribution in [3.8, 4) is 0 Å². The Morgan fingerprint density at radius 3 is 2.38 bits per heavy atom. The third-order valence-corrected chi connectivity index (χ3v) is 2.22. The lowest BCUT2D eigenvalue weighted by Crippen LogP contribution is -2.02. The SMILES string of the molecule is Cc1ccc(C(C)OS(=O)[O-])cc1. The fourth-order valence-electron chi connectivity index (χ4n) is 1.01. The van der Waals surface area contributed by atoms with Crippen molar-refractivity contribution in [2.45, 2.75) is 20.0 Å². The molecule has 0 aliphatic carbocycles. The summed E-state index contributed by atoms with van der Waals surface area (Å²) >= 11 is -2.45. The van der Waals surface area contributed by atoms with Crippen LogP contribution in [-0.2, 0) is 15.5 Å². The van der Waals surface area contributed by atoms with Crippen molar-refractivity contribution in [3.05, 3.63) is 35.4 Å². The summed E-state index contributed by atoms with van der Waals surface area (Å²) in [5.74, 6) is 0. The Morgan fingerprint density at radius 1 is 1.38 bits per heavy atom. The van der Waals surface area contributed by atoms with Crippen LogP contribution in [0.4, 0.5) is 0 Å². The van der Waals surface area contributed by atoms with Crippen LogP contribution in [0.25, 0.3) is 0 Å². The normalized spacial score (nSPS) is 15.3. The molecule has 1 aromatic carbocycles. The highest BCUT2D eigenvalue weighted by Gasteiger charge is 2.04. The molecule has 0 aliphatic heterocycles. The first-order valence-corrected chi connectivity index (χ1v) is 4.92. The standard InChI is InChI=1S/C9H12O3S/c1-7-3-5-9(6-4-7)8(2)12-13(10)11/h3-6,8H,1-2H3,(H,10,11)/p-1. The Balaban J connectivity index is 2.71. The van der Waals surface area contributed by atoms with Crippen LogP contribution >= 0.6 is 0 Å². The quantitative estimate of drug-likeness (QED) is 0.698. The van der Waals surface area contributed by atoms with E-state index < -0.39 is 17.5 Å². The lowest BCUT2D eigenvalue weighted by molar-refractivity contribution is 0.223. The summed E-state index contributed by atoms with van der Waals surface area (Å²) in [4.78, 5) is 0. The smallest absolute Gasteiger partial charge is 0.0959 e. The van der Waals surface area contributed by atoms with Crippen LogP contribution < -0.4 is 0 Å². The second kappa shape index (κ2) is 4.50. The fraction of sp³-hybridized carbons (Fsp3) is 0.333. The van der Waals surface area contributed by atoms with Crippen LogP contribution in [0.3, 0.4) is 0 Å². The molecule has 72 valence electrons. The minimum atomic E-state index is -2.45. The molecule has 0 aliphatic rings. The maximum absolute atomic E-state index is 10.2. The molecule has 3 nitrogen and oxygen atoms in total. The number of hydrogen-bond donors (Lipinski definition) is 0. The predicted octanol–water partition coefficient (Wildman–Crippen LogP) is 1.87. The Hall–Kier alpha value is -0.710. The summed E-state index contributed by atoms with van der Waals surface area (Å²) in [6.45, 7) is 3.67. The Bertz CT molecular complexity index is 294. The molecule has 0 bridgehead atoms. The summed E-state index contributed by atoms with van der Waals surface area (Å²) in [6, 6.07) is 7.55. The monoisotopic (exact) mass is 199 g/mol. The first-order chi connectivity index (χ1) is 6.09. The molecule has 1 rings (SSSR count). The van der Waals surface area contributed by atoms with E-state index in [1.165, 1.54) is 0 Å². The molecule has 0 aromatic heterocycles. The molecule has 0 radical (unpaired) electrons. The molecular formula is C9H11O3S-. The van der Waals surface area contributed by atoms with Gasteiger partial charge in [-0.3, -0.25) is 4.18 Å². The van der Waals surface area contributed by atoms with Gasteiger partial charge in [-0.05, 0) is 19.4 Å². The van der Waals surface area contributed by atoms with Crippen molar-refractivity contribution >= 4 is 11.4 Å². The van der Waals surface area contributed by atoms with Crippen molar-refractivity contribution < 1.29 is 12.9 Å². The predicted molar refractivity (Wildman–Crippen MR) is 49.6 cm³/mol. The van der Waals surface area contributed by atoms with Gasteiger partial charge in [-0.1, -0.05) is 29.8 Å². The Kier molecular flexibility index (Phi) is 3.59. The van der Waals surface area contributed by atoms with Gasteiger partial charge < -0.3 is 4.55 Å². The Morgan fingerprint density at radius 2 is 1.92 bits per heavy atom. The van der Waals surface area contributed by atoms with Gasteiger partial charge in [0.25, 0.3) is 0 Å². The second-order valence-electron chi connectivity index (χ2n) is 2.85. The molecule has 0 amide bonds. The minimum absolute atomic E-state index is 0.418. The summed E-state index contributed by atoms with van der Waals surface area (Å²) in [7, 11) is 0. The highest BCUT2D eigenvalue weighted by Crippen LogP contribution is 2.17. The molecule has 13 heavy (non-hydrogen) atoms. The zero-order valence-corrected chi connectivity index (χ0v) is 8.34. The highest BCUT2D eigenvalue weighted by atomic mass is 32.2. The summed E-state index contributed by atoms with van der Waals surface area (Å²) in [5.41, 5.74) is 1.99. The van der Waals surface area contributed by atoms with Gasteiger partial charge in [-0.25, -0.2) is 4.21 Å². The van der Waals surface area contributed by atoms with E-state index in [9.17, 15) is 8.76 Å². The molecular weight excluding hydrogens is 188 g/mol. The maximum atomic E-state index is 10.2. The largest absolute Gasteiger partial charge is 0.750 e. The van der Waals surface area contributed by atoms with Gasteiger partial charge in [-0.15, -0.1) is 0 Å². The van der Waals surface area contributed by atoms with Crippen molar-refractivity contribution in [2.75, 3.05) is 0 Å². The Labute approximate surface area is 80.2 Å². The van der Waals surface area contributed by atoms with Gasteiger partial charge in [0.15, 0.2) is 0 Å². The maximum Gasteiger partial charge on any atom is 0.0959 e. The minimum Gasteiger partial charge on any atom is -0.750 e. The van der Waals surface area contributed by atoms with Gasteiger partial charge in [0.1, 0.15) is 0 Å². The van der Waals surface area contributed by atoms with E-state index in [1.807, 2.05) is 31.2 Å². The second-order valence-corrected chi connectivity index (χ2v) is 3.45. The molecule has 0 N–H and O–H groups in total. The third-order valence-electron chi connectivity index (χ3n) is 1.77. The summed E-state index contributed by atoms with van der Waals surface area (Å²) in [6.07, 6.45) is -0.418. The molecule has 0 heterocycles. The molecule has 0 spiro atoms. The topological polar surface area (TPSA) is 49.4 Å². The van der Waals surface area contributed by atoms with Crippen molar-refractivity contribution in [1.29, 1.82) is 0 Å². The first kappa shape index (κ1) is 10.4. The third kappa shape index (κ3) is 3.26. The van der Waals surface area contributed by atoms with E-state index in [4.69, 9.17) is 0 Å². The molecule has 1 aromatic rings. The van der Waals surface area contributed by atoms with Crippen LogP contribution in [0.2, 0.25) is 0 Å². The van der Waals surface area contributed by atoms with Crippen LogP contribution in [0.5, 0.6) is 0 Å². The number of hydrogen-bond acceptors (Lipinski definition) is 3. The zero-order valence-electron chi connectivity index (χ0n) is 7.52. The molecule has 0 saturated heterocycles. The van der Waals surface area contributed by atoms with Gasteiger partial charge in [0.05, 0.1) is 17.5 Å². The van der Waals surface area contributed by atoms with Gasteiger partial charge in [0, 0.05) is 0 Å². The lowest BCUT2D eigenvalue weighted by Gasteiger charge is -2.14. The molecule has 2 unspecified atom stereocenters. The molecule has 0 fully saturated rings. The van der Waals surface area contributed by atoms with Crippen LogP contribution in [0.1, 0.15) is 24.2 Å². The van der Waals surface area contributed by atoms with Crippen LogP contribution in [-0.4, -0.2) is 8.76 Å². The van der Waals surface area contributed by atoms with Crippen molar-refractivity contribution in [3.63, 3.8) is 0 Å². The lowest BCUT2D eigenvalue weighted by atomic mass is 10.1. The average Bonchev–Trinajstić information content (AvgIpc) is 2.04. The number of aryl methyl sites for hydroxylation is 1. The summed E-state index contributed by atoms with van der Waals surface area (Å²) < 4.78 is 25.0. The van der Waals surface area contributed by atoms with E-state index in [-0.39, 0.29) is 0 Å². The van der Waals surface area contributed by atoms with E-state index in [0.717, 1.165) is 11.1 Å². The summed E-state index contributed by atoms with van der Waals surface area (Å²) in [5, 5.41) is 0. The van der Waals surface area contributed by atoms with E-state index in [2.05, 4.69) is 4.18 Å². The van der Waals surface area contributed by atoms with Gasteiger partial charge in [-0.2, -0.15) is 0 Å². The van der Waals surface area contributed by atoms with E-state index >= 15 is 0 Å². The van der Waals surface area contributed by atoms with Crippen LogP contribution in [0.15, 0.2) is 24.3 Å².